The van der Waals surface area contributed by atoms with Crippen molar-refractivity contribution in [3.8, 4) is 0 Å². The third-order valence-corrected chi connectivity index (χ3v) is 8.92. The number of hydrogen-bond acceptors (Lipinski definition) is 4. The molecule has 2 aromatic carbocycles. The molecule has 7 nitrogen and oxygen atoms in total. The van der Waals surface area contributed by atoms with E-state index >= 15 is 0 Å². The first-order valence-corrected chi connectivity index (χ1v) is 14.1. The quantitative estimate of drug-likeness (QED) is 0.612. The average molecular weight is 498 g/mol. The van der Waals surface area contributed by atoms with Crippen LogP contribution in [0.25, 0.3) is 0 Å². The van der Waals surface area contributed by atoms with E-state index in [2.05, 4.69) is 10.6 Å². The van der Waals surface area contributed by atoms with Crippen LogP contribution in [0.15, 0.2) is 53.4 Å². The Balaban J connectivity index is 1.56. The highest BCUT2D eigenvalue weighted by atomic mass is 32.2. The summed E-state index contributed by atoms with van der Waals surface area (Å²) in [5, 5.41) is 5.86. The van der Waals surface area contributed by atoms with E-state index in [4.69, 9.17) is 0 Å². The molecule has 2 aromatic rings. The van der Waals surface area contributed by atoms with E-state index in [0.717, 1.165) is 36.8 Å². The van der Waals surface area contributed by atoms with Crippen LogP contribution in [0.2, 0.25) is 0 Å². The summed E-state index contributed by atoms with van der Waals surface area (Å²) in [6, 6.07) is 13.6. The summed E-state index contributed by atoms with van der Waals surface area (Å²) in [5.74, 6) is -0.318. The Kier molecular flexibility index (Phi) is 8.23. The van der Waals surface area contributed by atoms with Gasteiger partial charge in [-0.2, -0.15) is 4.31 Å². The third-order valence-electron chi connectivity index (χ3n) is 6.99. The van der Waals surface area contributed by atoms with E-state index < -0.39 is 16.1 Å². The maximum absolute atomic E-state index is 13.7. The predicted octanol–water partition coefficient (Wildman–Crippen LogP) is 4.55. The monoisotopic (exact) mass is 497 g/mol. The van der Waals surface area contributed by atoms with E-state index in [0.29, 0.717) is 18.7 Å². The average Bonchev–Trinajstić information content (AvgIpc) is 2.81. The molecule has 1 heterocycles. The minimum absolute atomic E-state index is 0.0940. The van der Waals surface area contributed by atoms with Crippen molar-refractivity contribution in [1.82, 2.24) is 9.62 Å². The van der Waals surface area contributed by atoms with E-state index in [9.17, 15) is 18.0 Å². The second-order valence-corrected chi connectivity index (χ2v) is 11.5. The molecule has 1 saturated carbocycles. The van der Waals surface area contributed by atoms with Crippen LogP contribution >= 0.6 is 0 Å². The van der Waals surface area contributed by atoms with Crippen molar-refractivity contribution in [2.75, 3.05) is 11.9 Å². The van der Waals surface area contributed by atoms with Gasteiger partial charge in [0.15, 0.2) is 0 Å². The van der Waals surface area contributed by atoms with Gasteiger partial charge in [0, 0.05) is 31.6 Å². The summed E-state index contributed by atoms with van der Waals surface area (Å²) < 4.78 is 28.9. The first kappa shape index (κ1) is 25.4. The summed E-state index contributed by atoms with van der Waals surface area (Å²) >= 11 is 0. The molecule has 0 unspecified atom stereocenters. The van der Waals surface area contributed by atoms with E-state index in [1.165, 1.54) is 42.6 Å². The number of carbonyl (C=O) groups excluding carboxylic acids is 2. The van der Waals surface area contributed by atoms with Crippen LogP contribution in [-0.2, 0) is 26.0 Å². The Morgan fingerprint density at radius 1 is 0.943 bits per heavy atom. The largest absolute Gasteiger partial charge is 0.353 e. The summed E-state index contributed by atoms with van der Waals surface area (Å²) in [5.41, 5.74) is 2.52. The molecule has 0 saturated heterocycles. The van der Waals surface area contributed by atoms with Crippen LogP contribution in [0.1, 0.15) is 75.5 Å². The van der Waals surface area contributed by atoms with Crippen LogP contribution in [0.3, 0.4) is 0 Å². The predicted molar refractivity (Wildman–Crippen MR) is 136 cm³/mol. The molecular weight excluding hydrogens is 462 g/mol. The van der Waals surface area contributed by atoms with Crippen molar-refractivity contribution < 1.29 is 18.0 Å². The number of rotatable bonds is 6. The minimum atomic E-state index is -3.85. The molecule has 35 heavy (non-hydrogen) atoms. The molecule has 2 amide bonds. The topological polar surface area (TPSA) is 95.6 Å². The van der Waals surface area contributed by atoms with Gasteiger partial charge in [-0.25, -0.2) is 8.42 Å². The van der Waals surface area contributed by atoms with E-state index in [1.807, 2.05) is 24.3 Å². The highest BCUT2D eigenvalue weighted by Crippen LogP contribution is 2.36. The first-order chi connectivity index (χ1) is 16.8. The number of amides is 2. The number of hydrogen-bond donors (Lipinski definition) is 2. The van der Waals surface area contributed by atoms with Gasteiger partial charge >= 0.3 is 0 Å². The second-order valence-electron chi connectivity index (χ2n) is 9.60. The van der Waals surface area contributed by atoms with Crippen LogP contribution in [0.5, 0.6) is 0 Å². The Hall–Kier alpha value is -2.71. The fourth-order valence-electron chi connectivity index (χ4n) is 5.24. The standard InChI is InChI=1S/C27H35N3O4S/c1-20(31)28-23-13-15-24(16-14-23)35(33,34)30-18-17-21-9-7-8-12-25(21)26(30)19-27(32)29-22-10-5-3-2-4-6-11-22/h7-9,12-16,22,26H,2-6,10-11,17-19H2,1H3,(H,28,31)(H,29,32)/t26-/m1/s1. The van der Waals surface area contributed by atoms with Crippen molar-refractivity contribution in [3.05, 3.63) is 59.7 Å². The lowest BCUT2D eigenvalue weighted by atomic mass is 9.92. The summed E-state index contributed by atoms with van der Waals surface area (Å²) in [6.07, 6.45) is 8.56. The zero-order valence-corrected chi connectivity index (χ0v) is 21.1. The molecule has 1 fully saturated rings. The Bertz CT molecular complexity index is 1140. The van der Waals surface area contributed by atoms with Crippen molar-refractivity contribution in [3.63, 3.8) is 0 Å². The summed E-state index contributed by atoms with van der Waals surface area (Å²) in [6.45, 7) is 1.72. The second kappa shape index (κ2) is 11.4. The molecule has 8 heteroatoms. The van der Waals surface area contributed by atoms with Gasteiger partial charge in [-0.1, -0.05) is 56.4 Å². The first-order valence-electron chi connectivity index (χ1n) is 12.6. The maximum atomic E-state index is 13.7. The van der Waals surface area contributed by atoms with Crippen LogP contribution in [0.4, 0.5) is 5.69 Å². The smallest absolute Gasteiger partial charge is 0.243 e. The highest BCUT2D eigenvalue weighted by molar-refractivity contribution is 7.89. The van der Waals surface area contributed by atoms with Crippen molar-refractivity contribution >= 4 is 27.5 Å². The number of sulfonamides is 1. The zero-order chi connectivity index (χ0) is 24.8. The van der Waals surface area contributed by atoms with Gasteiger partial charge in [0.25, 0.3) is 0 Å². The minimum Gasteiger partial charge on any atom is -0.353 e. The van der Waals surface area contributed by atoms with Gasteiger partial charge < -0.3 is 10.6 Å². The molecule has 188 valence electrons. The molecule has 1 aliphatic carbocycles. The number of anilines is 1. The highest BCUT2D eigenvalue weighted by Gasteiger charge is 2.37. The molecule has 2 N–H and O–H groups in total. The molecule has 0 spiro atoms. The fraction of sp³-hybridized carbons (Fsp3) is 0.481. The maximum Gasteiger partial charge on any atom is 0.243 e. The number of nitrogens with one attached hydrogen (secondary N) is 2. The SMILES string of the molecule is CC(=O)Nc1ccc(S(=O)(=O)N2CCc3ccccc3[C@H]2CC(=O)NC2CCCCCCC2)cc1. The lowest BCUT2D eigenvalue weighted by Crippen LogP contribution is -2.43. The molecule has 2 aliphatic rings. The van der Waals surface area contributed by atoms with Gasteiger partial charge in [-0.05, 0) is 54.7 Å². The van der Waals surface area contributed by atoms with E-state index in [1.54, 1.807) is 12.1 Å². The Morgan fingerprint density at radius 2 is 1.60 bits per heavy atom. The van der Waals surface area contributed by atoms with Gasteiger partial charge in [0.05, 0.1) is 10.9 Å². The molecule has 0 bridgehead atoms. The Labute approximate surface area is 208 Å². The summed E-state index contributed by atoms with van der Waals surface area (Å²) in [7, 11) is -3.85. The van der Waals surface area contributed by atoms with Crippen molar-refractivity contribution in [1.29, 1.82) is 0 Å². The normalized spacial score (nSPS) is 19.7. The molecule has 4 rings (SSSR count). The van der Waals surface area contributed by atoms with Crippen LogP contribution < -0.4 is 10.6 Å². The van der Waals surface area contributed by atoms with Gasteiger partial charge in [-0.15, -0.1) is 0 Å². The molecule has 0 aromatic heterocycles. The number of nitrogens with zero attached hydrogens (tertiary/aromatic N) is 1. The van der Waals surface area contributed by atoms with Gasteiger partial charge in [-0.3, -0.25) is 9.59 Å². The van der Waals surface area contributed by atoms with Gasteiger partial charge in [0.1, 0.15) is 0 Å². The Morgan fingerprint density at radius 3 is 2.29 bits per heavy atom. The number of benzene rings is 2. The molecule has 1 aliphatic heterocycles. The summed E-state index contributed by atoms with van der Waals surface area (Å²) in [4.78, 5) is 24.6. The van der Waals surface area contributed by atoms with Gasteiger partial charge in [0.2, 0.25) is 21.8 Å². The lowest BCUT2D eigenvalue weighted by Gasteiger charge is -2.36. The zero-order valence-electron chi connectivity index (χ0n) is 20.3. The number of fused-ring (bicyclic) bond motifs is 1. The lowest BCUT2D eigenvalue weighted by molar-refractivity contribution is -0.123. The third kappa shape index (κ3) is 6.30. The van der Waals surface area contributed by atoms with Crippen molar-refractivity contribution in [2.45, 2.75) is 81.7 Å². The van der Waals surface area contributed by atoms with E-state index in [-0.39, 0.29) is 29.2 Å². The molecule has 1 atom stereocenters. The van der Waals surface area contributed by atoms with Crippen LogP contribution in [0, 0.1) is 0 Å². The molecular formula is C27H35N3O4S. The molecule has 0 radical (unpaired) electrons. The fourth-order valence-corrected chi connectivity index (χ4v) is 6.85. The number of carbonyl (C=O) groups is 2. The van der Waals surface area contributed by atoms with Crippen LogP contribution in [-0.4, -0.2) is 37.1 Å². The van der Waals surface area contributed by atoms with Crippen molar-refractivity contribution in [2.24, 2.45) is 0 Å².